The van der Waals surface area contributed by atoms with Gasteiger partial charge < -0.3 is 4.57 Å². The molecular weight excluding hydrogens is 328 g/mol. The minimum Gasteiger partial charge on any atom is -0.319 e. The van der Waals surface area contributed by atoms with E-state index in [-0.39, 0.29) is 0 Å². The van der Waals surface area contributed by atoms with E-state index in [1.807, 2.05) is 49.5 Å². The highest BCUT2D eigenvalue weighted by Crippen LogP contribution is 2.20. The van der Waals surface area contributed by atoms with Gasteiger partial charge in [0.15, 0.2) is 4.80 Å². The molecule has 0 bridgehead atoms. The van der Waals surface area contributed by atoms with Crippen LogP contribution < -0.4 is 4.80 Å². The highest BCUT2D eigenvalue weighted by atomic mass is 32.2. The fraction of sp³-hybridized carbons (Fsp3) is 0.0667. The number of tetrazole rings is 1. The Morgan fingerprint density at radius 2 is 1.83 bits per heavy atom. The van der Waals surface area contributed by atoms with Gasteiger partial charge in [-0.1, -0.05) is 46.8 Å². The minimum atomic E-state index is 0.633. The summed E-state index contributed by atoms with van der Waals surface area (Å²) in [6, 6.07) is 18.0. The quantitative estimate of drug-likeness (QED) is 0.538. The zero-order valence-electron chi connectivity index (χ0n) is 12.2. The highest BCUT2D eigenvalue weighted by Gasteiger charge is 2.09. The molecular formula is C15H12N6S2. The third kappa shape index (κ3) is 2.66. The summed E-state index contributed by atoms with van der Waals surface area (Å²) in [7, 11) is 2.01. The lowest BCUT2D eigenvalue weighted by molar-refractivity contribution is 0.756. The summed E-state index contributed by atoms with van der Waals surface area (Å²) in [4.78, 5) is 0.916. The first kappa shape index (κ1) is 14.2. The van der Waals surface area contributed by atoms with Crippen molar-refractivity contribution < 1.29 is 0 Å². The molecule has 0 aliphatic rings. The molecule has 0 saturated heterocycles. The number of para-hydroxylation sites is 2. The Hall–Kier alpha value is -2.45. The summed E-state index contributed by atoms with van der Waals surface area (Å²) in [6.07, 6.45) is 0. The summed E-state index contributed by atoms with van der Waals surface area (Å²) in [5, 5.41) is 12.5. The Kier molecular flexibility index (Phi) is 3.68. The third-order valence-corrected chi connectivity index (χ3v) is 5.27. The zero-order chi connectivity index (χ0) is 15.6. The van der Waals surface area contributed by atoms with E-state index in [2.05, 4.69) is 36.6 Å². The van der Waals surface area contributed by atoms with Crippen molar-refractivity contribution >= 4 is 33.5 Å². The smallest absolute Gasteiger partial charge is 0.236 e. The molecule has 8 heteroatoms. The molecule has 23 heavy (non-hydrogen) atoms. The van der Waals surface area contributed by atoms with Crippen LogP contribution >= 0.6 is 23.3 Å². The predicted octanol–water partition coefficient (Wildman–Crippen LogP) is 2.82. The van der Waals surface area contributed by atoms with E-state index in [1.54, 1.807) is 16.0 Å². The molecule has 0 amide bonds. The van der Waals surface area contributed by atoms with E-state index in [1.165, 1.54) is 22.2 Å². The van der Waals surface area contributed by atoms with Crippen LogP contribution in [0.25, 0.3) is 15.9 Å². The Bertz CT molecular complexity index is 1020. The maximum Gasteiger partial charge on any atom is 0.236 e. The molecule has 2 aromatic carbocycles. The minimum absolute atomic E-state index is 0.633. The molecule has 2 aromatic heterocycles. The van der Waals surface area contributed by atoms with Crippen molar-refractivity contribution in [3.63, 3.8) is 0 Å². The summed E-state index contributed by atoms with van der Waals surface area (Å²) < 4.78 is 9.57. The van der Waals surface area contributed by atoms with Crippen molar-refractivity contribution in [3.8, 4) is 5.69 Å². The van der Waals surface area contributed by atoms with E-state index in [0.29, 0.717) is 5.16 Å². The molecule has 4 aromatic rings. The molecule has 0 saturated carbocycles. The van der Waals surface area contributed by atoms with Gasteiger partial charge in [-0.05, 0) is 34.7 Å². The first-order chi connectivity index (χ1) is 11.3. The Labute approximate surface area is 140 Å². The largest absolute Gasteiger partial charge is 0.319 e. The fourth-order valence-corrected chi connectivity index (χ4v) is 3.94. The van der Waals surface area contributed by atoms with Crippen LogP contribution in [0.1, 0.15) is 0 Å². The lowest BCUT2D eigenvalue weighted by atomic mass is 10.3. The van der Waals surface area contributed by atoms with Gasteiger partial charge in [0.2, 0.25) is 5.16 Å². The van der Waals surface area contributed by atoms with Crippen molar-refractivity contribution in [1.29, 1.82) is 0 Å². The lowest BCUT2D eigenvalue weighted by Crippen LogP contribution is -2.08. The number of aryl methyl sites for hydroxylation is 1. The second-order valence-electron chi connectivity index (χ2n) is 4.80. The van der Waals surface area contributed by atoms with Crippen LogP contribution in [0.5, 0.6) is 0 Å². The molecule has 114 valence electrons. The Morgan fingerprint density at radius 1 is 1.04 bits per heavy atom. The van der Waals surface area contributed by atoms with Crippen LogP contribution in [0, 0.1) is 0 Å². The molecule has 0 radical (unpaired) electrons. The van der Waals surface area contributed by atoms with Gasteiger partial charge in [0.05, 0.1) is 27.9 Å². The molecule has 0 unspecified atom stereocenters. The standard InChI is InChI=1S/C15H12N6S2/c1-20-12-9-5-6-10-13(12)22-15(20)17-23-14-16-18-19-21(14)11-7-3-2-4-8-11/h2-10H,1H3/b17-15-. The van der Waals surface area contributed by atoms with Gasteiger partial charge in [-0.2, -0.15) is 9.08 Å². The van der Waals surface area contributed by atoms with E-state index < -0.39 is 0 Å². The van der Waals surface area contributed by atoms with Crippen LogP contribution in [0.2, 0.25) is 0 Å². The Balaban J connectivity index is 1.72. The second kappa shape index (κ2) is 5.98. The number of fused-ring (bicyclic) bond motifs is 1. The summed E-state index contributed by atoms with van der Waals surface area (Å²) in [5.41, 5.74) is 2.08. The van der Waals surface area contributed by atoms with Crippen LogP contribution in [0.15, 0.2) is 64.2 Å². The lowest BCUT2D eigenvalue weighted by Gasteiger charge is -2.00. The number of thiazole rings is 1. The van der Waals surface area contributed by atoms with Crippen molar-refractivity contribution in [2.45, 2.75) is 5.16 Å². The van der Waals surface area contributed by atoms with Crippen LogP contribution in [0.4, 0.5) is 0 Å². The van der Waals surface area contributed by atoms with Gasteiger partial charge in [0.1, 0.15) is 0 Å². The normalized spacial score (nSPS) is 12.1. The number of benzene rings is 2. The molecule has 0 N–H and O–H groups in total. The van der Waals surface area contributed by atoms with Gasteiger partial charge in [-0.25, -0.2) is 0 Å². The molecule has 0 atom stereocenters. The van der Waals surface area contributed by atoms with Crippen molar-refractivity contribution in [2.75, 3.05) is 0 Å². The summed E-state index contributed by atoms with van der Waals surface area (Å²) in [5.74, 6) is 0. The van der Waals surface area contributed by atoms with Crippen molar-refractivity contribution in [2.24, 2.45) is 11.4 Å². The first-order valence-corrected chi connectivity index (χ1v) is 8.51. The molecule has 0 fully saturated rings. The van der Waals surface area contributed by atoms with Gasteiger partial charge in [-0.15, -0.1) is 0 Å². The van der Waals surface area contributed by atoms with E-state index >= 15 is 0 Å². The molecule has 0 spiro atoms. The second-order valence-corrected chi connectivity index (χ2v) is 6.54. The van der Waals surface area contributed by atoms with E-state index in [0.717, 1.165) is 10.5 Å². The van der Waals surface area contributed by atoms with Gasteiger partial charge in [-0.3, -0.25) is 0 Å². The van der Waals surface area contributed by atoms with Gasteiger partial charge in [0, 0.05) is 7.05 Å². The number of hydrogen-bond acceptors (Lipinski definition) is 6. The number of aromatic nitrogens is 5. The average molecular weight is 340 g/mol. The Morgan fingerprint density at radius 3 is 2.65 bits per heavy atom. The van der Waals surface area contributed by atoms with E-state index in [4.69, 9.17) is 0 Å². The van der Waals surface area contributed by atoms with Gasteiger partial charge in [0.25, 0.3) is 0 Å². The topological polar surface area (TPSA) is 60.9 Å². The maximum atomic E-state index is 4.61. The van der Waals surface area contributed by atoms with Gasteiger partial charge >= 0.3 is 0 Å². The van der Waals surface area contributed by atoms with Crippen LogP contribution in [-0.4, -0.2) is 24.8 Å². The average Bonchev–Trinajstić information content (AvgIpc) is 3.19. The summed E-state index contributed by atoms with van der Waals surface area (Å²) >= 11 is 2.92. The predicted molar refractivity (Wildman–Crippen MR) is 91.4 cm³/mol. The third-order valence-electron chi connectivity index (χ3n) is 3.36. The molecule has 4 rings (SSSR count). The van der Waals surface area contributed by atoms with Crippen molar-refractivity contribution in [1.82, 2.24) is 24.8 Å². The first-order valence-electron chi connectivity index (χ1n) is 6.92. The molecule has 2 heterocycles. The zero-order valence-corrected chi connectivity index (χ0v) is 13.8. The monoisotopic (exact) mass is 340 g/mol. The molecule has 6 nitrogen and oxygen atoms in total. The molecule has 0 aliphatic heterocycles. The summed E-state index contributed by atoms with van der Waals surface area (Å²) in [6.45, 7) is 0. The highest BCUT2D eigenvalue weighted by molar-refractivity contribution is 7.97. The van der Waals surface area contributed by atoms with E-state index in [9.17, 15) is 0 Å². The maximum absolute atomic E-state index is 4.61. The number of hydrogen-bond donors (Lipinski definition) is 0. The van der Waals surface area contributed by atoms with Crippen LogP contribution in [0.3, 0.4) is 0 Å². The fourth-order valence-electron chi connectivity index (χ4n) is 2.22. The number of nitrogens with zero attached hydrogens (tertiary/aromatic N) is 6. The van der Waals surface area contributed by atoms with Crippen LogP contribution in [-0.2, 0) is 7.05 Å². The number of rotatable bonds is 3. The van der Waals surface area contributed by atoms with Crippen molar-refractivity contribution in [3.05, 3.63) is 59.4 Å². The molecule has 0 aliphatic carbocycles. The SMILES string of the molecule is Cn1/c(=N/Sc2nnnn2-c2ccccc2)sc2ccccc21.